The third-order valence-corrected chi connectivity index (χ3v) is 2.19. The van der Waals surface area contributed by atoms with Crippen LogP contribution in [-0.2, 0) is 20.7 Å². The molecule has 0 aromatic heterocycles. The second-order valence-electron chi connectivity index (χ2n) is 3.51. The second kappa shape index (κ2) is 6.48. The highest BCUT2D eigenvalue weighted by Gasteiger charge is 2.15. The lowest BCUT2D eigenvalue weighted by Gasteiger charge is -2.04. The summed E-state index contributed by atoms with van der Waals surface area (Å²) in [5, 5.41) is 8.49. The number of carbonyl (C=O) groups excluding carboxylic acids is 1. The van der Waals surface area contributed by atoms with E-state index in [0.29, 0.717) is 6.42 Å². The van der Waals surface area contributed by atoms with Crippen molar-refractivity contribution in [3.05, 3.63) is 48.0 Å². The van der Waals surface area contributed by atoms with E-state index in [2.05, 4.69) is 6.58 Å². The van der Waals surface area contributed by atoms with Gasteiger partial charge in [-0.25, -0.2) is 9.59 Å². The Kier molecular flexibility index (Phi) is 4.94. The van der Waals surface area contributed by atoms with Crippen molar-refractivity contribution in [1.29, 1.82) is 0 Å². The first-order valence-electron chi connectivity index (χ1n) is 5.24. The number of carboxylic acids is 1. The fourth-order valence-electron chi connectivity index (χ4n) is 1.26. The molecular formula is C13H14O4. The average molecular weight is 234 g/mol. The normalized spacial score (nSPS) is 9.65. The van der Waals surface area contributed by atoms with Crippen LogP contribution >= 0.6 is 0 Å². The van der Waals surface area contributed by atoms with Gasteiger partial charge in [0.05, 0.1) is 6.61 Å². The molecule has 1 aromatic carbocycles. The minimum atomic E-state index is -1.35. The van der Waals surface area contributed by atoms with Crippen LogP contribution in [-0.4, -0.2) is 23.7 Å². The van der Waals surface area contributed by atoms with E-state index in [1.165, 1.54) is 0 Å². The third-order valence-electron chi connectivity index (χ3n) is 2.19. The molecule has 1 rings (SSSR count). The number of rotatable bonds is 6. The van der Waals surface area contributed by atoms with Gasteiger partial charge in [0, 0.05) is 0 Å². The molecule has 4 nitrogen and oxygen atoms in total. The van der Waals surface area contributed by atoms with Crippen molar-refractivity contribution in [2.45, 2.75) is 12.8 Å². The SMILES string of the molecule is C=C(C(=O)O)C(=O)OCCCc1ccccc1. The van der Waals surface area contributed by atoms with Gasteiger partial charge in [-0.2, -0.15) is 0 Å². The molecule has 0 heterocycles. The van der Waals surface area contributed by atoms with Gasteiger partial charge in [0.1, 0.15) is 5.57 Å². The zero-order chi connectivity index (χ0) is 12.7. The molecule has 0 unspecified atom stereocenters. The van der Waals surface area contributed by atoms with Gasteiger partial charge < -0.3 is 9.84 Å². The molecule has 0 amide bonds. The monoisotopic (exact) mass is 234 g/mol. The summed E-state index contributed by atoms with van der Waals surface area (Å²) >= 11 is 0. The molecule has 4 heteroatoms. The van der Waals surface area contributed by atoms with Crippen LogP contribution in [0, 0.1) is 0 Å². The van der Waals surface area contributed by atoms with Gasteiger partial charge in [-0.15, -0.1) is 0 Å². The van der Waals surface area contributed by atoms with Gasteiger partial charge in [0.15, 0.2) is 0 Å². The summed E-state index contributed by atoms with van der Waals surface area (Å²) in [5.74, 6) is -2.22. The number of carbonyl (C=O) groups is 2. The summed E-state index contributed by atoms with van der Waals surface area (Å²) in [4.78, 5) is 21.5. The van der Waals surface area contributed by atoms with Crippen molar-refractivity contribution in [2.75, 3.05) is 6.61 Å². The van der Waals surface area contributed by atoms with Crippen molar-refractivity contribution in [1.82, 2.24) is 0 Å². The van der Waals surface area contributed by atoms with Crippen LogP contribution in [0.2, 0.25) is 0 Å². The Morgan fingerprint density at radius 2 is 1.88 bits per heavy atom. The van der Waals surface area contributed by atoms with E-state index in [0.717, 1.165) is 12.0 Å². The lowest BCUT2D eigenvalue weighted by molar-refractivity contribution is -0.144. The van der Waals surface area contributed by atoms with Crippen molar-refractivity contribution < 1.29 is 19.4 Å². The number of aliphatic carboxylic acids is 1. The standard InChI is InChI=1S/C13H14O4/c1-10(12(14)15)13(16)17-9-5-8-11-6-3-2-4-7-11/h2-4,6-7H,1,5,8-9H2,(H,14,15). The molecule has 0 bridgehead atoms. The Labute approximate surface area is 99.5 Å². The maximum absolute atomic E-state index is 11.1. The van der Waals surface area contributed by atoms with Crippen molar-refractivity contribution >= 4 is 11.9 Å². The van der Waals surface area contributed by atoms with Crippen molar-refractivity contribution in [3.8, 4) is 0 Å². The fourth-order valence-corrected chi connectivity index (χ4v) is 1.26. The number of esters is 1. The maximum Gasteiger partial charge on any atom is 0.344 e. The highest BCUT2D eigenvalue weighted by Crippen LogP contribution is 2.03. The highest BCUT2D eigenvalue weighted by molar-refractivity contribution is 6.12. The Bertz CT molecular complexity index is 409. The molecule has 0 aliphatic carbocycles. The first kappa shape index (κ1) is 13.0. The molecule has 0 aliphatic rings. The molecule has 0 aliphatic heterocycles. The summed E-state index contributed by atoms with van der Waals surface area (Å²) in [6, 6.07) is 9.78. The molecule has 1 N–H and O–H groups in total. The zero-order valence-corrected chi connectivity index (χ0v) is 9.39. The summed E-state index contributed by atoms with van der Waals surface area (Å²) in [5.41, 5.74) is 0.616. The first-order chi connectivity index (χ1) is 8.11. The van der Waals surface area contributed by atoms with Crippen LogP contribution in [0.3, 0.4) is 0 Å². The Morgan fingerprint density at radius 1 is 1.24 bits per heavy atom. The molecule has 1 aromatic rings. The maximum atomic E-state index is 11.1. The van der Waals surface area contributed by atoms with E-state index in [1.807, 2.05) is 30.3 Å². The average Bonchev–Trinajstić information content (AvgIpc) is 2.34. The van der Waals surface area contributed by atoms with Gasteiger partial charge in [0.2, 0.25) is 0 Å². The number of carboxylic acid groups (broad SMARTS) is 1. The lowest BCUT2D eigenvalue weighted by atomic mass is 10.1. The van der Waals surface area contributed by atoms with Gasteiger partial charge in [-0.1, -0.05) is 36.9 Å². The van der Waals surface area contributed by atoms with E-state index in [9.17, 15) is 9.59 Å². The van der Waals surface area contributed by atoms with Gasteiger partial charge in [-0.05, 0) is 18.4 Å². The third kappa shape index (κ3) is 4.51. The zero-order valence-electron chi connectivity index (χ0n) is 9.39. The molecule has 17 heavy (non-hydrogen) atoms. The number of aryl methyl sites for hydroxylation is 1. The Morgan fingerprint density at radius 3 is 2.47 bits per heavy atom. The summed E-state index contributed by atoms with van der Waals surface area (Å²) in [6.45, 7) is 3.31. The number of hydrogen-bond donors (Lipinski definition) is 1. The predicted octanol–water partition coefficient (Wildman–Crippen LogP) is 1.80. The van der Waals surface area contributed by atoms with Crippen LogP contribution in [0.25, 0.3) is 0 Å². The first-order valence-corrected chi connectivity index (χ1v) is 5.24. The quantitative estimate of drug-likeness (QED) is 0.268. The molecule has 0 fully saturated rings. The number of ether oxygens (including phenoxy) is 1. The summed E-state index contributed by atoms with van der Waals surface area (Å²) in [7, 11) is 0. The minimum absolute atomic E-state index is 0.194. The predicted molar refractivity (Wildman–Crippen MR) is 62.5 cm³/mol. The largest absolute Gasteiger partial charge is 0.477 e. The Hall–Kier alpha value is -2.10. The van der Waals surface area contributed by atoms with Crippen LogP contribution in [0.5, 0.6) is 0 Å². The van der Waals surface area contributed by atoms with Crippen molar-refractivity contribution in [2.24, 2.45) is 0 Å². The van der Waals surface area contributed by atoms with E-state index in [1.54, 1.807) is 0 Å². The topological polar surface area (TPSA) is 63.6 Å². The van der Waals surface area contributed by atoms with Crippen LogP contribution in [0.1, 0.15) is 12.0 Å². The van der Waals surface area contributed by atoms with Gasteiger partial charge in [0.25, 0.3) is 0 Å². The number of hydrogen-bond acceptors (Lipinski definition) is 3. The summed E-state index contributed by atoms with van der Waals surface area (Å²) in [6.07, 6.45) is 1.44. The lowest BCUT2D eigenvalue weighted by Crippen LogP contribution is -2.15. The molecule has 0 atom stereocenters. The van der Waals surface area contributed by atoms with Crippen molar-refractivity contribution in [3.63, 3.8) is 0 Å². The van der Waals surface area contributed by atoms with E-state index in [4.69, 9.17) is 9.84 Å². The van der Waals surface area contributed by atoms with Crippen LogP contribution in [0.15, 0.2) is 42.5 Å². The van der Waals surface area contributed by atoms with E-state index >= 15 is 0 Å². The molecule has 0 saturated heterocycles. The van der Waals surface area contributed by atoms with Crippen LogP contribution < -0.4 is 0 Å². The number of benzene rings is 1. The van der Waals surface area contributed by atoms with E-state index < -0.39 is 17.5 Å². The highest BCUT2D eigenvalue weighted by atomic mass is 16.5. The van der Waals surface area contributed by atoms with Gasteiger partial charge in [-0.3, -0.25) is 0 Å². The van der Waals surface area contributed by atoms with E-state index in [-0.39, 0.29) is 6.61 Å². The summed E-state index contributed by atoms with van der Waals surface area (Å²) < 4.78 is 4.77. The molecule has 0 saturated carbocycles. The van der Waals surface area contributed by atoms with Crippen LogP contribution in [0.4, 0.5) is 0 Å². The van der Waals surface area contributed by atoms with Gasteiger partial charge >= 0.3 is 11.9 Å². The second-order valence-corrected chi connectivity index (χ2v) is 3.51. The Balaban J connectivity index is 2.23. The molecular weight excluding hydrogens is 220 g/mol. The minimum Gasteiger partial charge on any atom is -0.477 e. The molecule has 90 valence electrons. The molecule has 0 radical (unpaired) electrons. The fraction of sp³-hybridized carbons (Fsp3) is 0.231. The molecule has 0 spiro atoms. The smallest absolute Gasteiger partial charge is 0.344 e.